The smallest absolute Gasteiger partial charge is 0.130 e. The third kappa shape index (κ3) is 4.12. The molecule has 0 bridgehead atoms. The molecule has 126 valence electrons. The van der Waals surface area contributed by atoms with Crippen molar-refractivity contribution in [3.05, 3.63) is 47.2 Å². The number of aryl methyl sites for hydroxylation is 1. The second-order valence-corrected chi connectivity index (χ2v) is 6.42. The van der Waals surface area contributed by atoms with E-state index in [0.717, 1.165) is 17.1 Å². The van der Waals surface area contributed by atoms with Crippen LogP contribution in [0.25, 0.3) is 0 Å². The maximum absolute atomic E-state index is 10.3. The summed E-state index contributed by atoms with van der Waals surface area (Å²) >= 11 is 0. The zero-order valence-corrected chi connectivity index (χ0v) is 14.7. The van der Waals surface area contributed by atoms with E-state index >= 15 is 0 Å². The predicted octanol–water partition coefficient (Wildman–Crippen LogP) is 2.43. The number of aliphatic hydroxyl groups excluding tert-OH is 1. The Hall–Kier alpha value is -1.85. The summed E-state index contributed by atoms with van der Waals surface area (Å²) < 4.78 is 1.93. The van der Waals surface area contributed by atoms with Gasteiger partial charge in [0.15, 0.2) is 0 Å². The predicted molar refractivity (Wildman–Crippen MR) is 94.7 cm³/mol. The highest BCUT2D eigenvalue weighted by atomic mass is 16.3. The number of anilines is 1. The highest BCUT2D eigenvalue weighted by Crippen LogP contribution is 2.27. The van der Waals surface area contributed by atoms with Gasteiger partial charge in [-0.05, 0) is 11.5 Å². The third-order valence-corrected chi connectivity index (χ3v) is 3.94. The van der Waals surface area contributed by atoms with E-state index in [2.05, 4.69) is 29.2 Å². The Morgan fingerprint density at radius 3 is 2.43 bits per heavy atom. The quantitative estimate of drug-likeness (QED) is 0.824. The van der Waals surface area contributed by atoms with Crippen molar-refractivity contribution in [1.29, 1.82) is 0 Å². The van der Waals surface area contributed by atoms with Crippen molar-refractivity contribution < 1.29 is 5.11 Å². The molecule has 5 nitrogen and oxygen atoms in total. The molecular formula is C18H28N4O. The van der Waals surface area contributed by atoms with Crippen molar-refractivity contribution in [3.63, 3.8) is 0 Å². The maximum Gasteiger partial charge on any atom is 0.130 e. The molecule has 0 aliphatic carbocycles. The van der Waals surface area contributed by atoms with Gasteiger partial charge in [0.25, 0.3) is 0 Å². The van der Waals surface area contributed by atoms with E-state index < -0.39 is 6.10 Å². The van der Waals surface area contributed by atoms with Gasteiger partial charge in [0.2, 0.25) is 0 Å². The second kappa shape index (κ2) is 7.62. The van der Waals surface area contributed by atoms with Crippen LogP contribution in [0, 0.1) is 0 Å². The Morgan fingerprint density at radius 2 is 1.87 bits per heavy atom. The summed E-state index contributed by atoms with van der Waals surface area (Å²) in [6.07, 6.45) is -0.502. The van der Waals surface area contributed by atoms with Crippen LogP contribution in [-0.4, -0.2) is 35.5 Å². The average molecular weight is 316 g/mol. The molecule has 0 aliphatic heterocycles. The largest absolute Gasteiger partial charge is 0.387 e. The maximum atomic E-state index is 10.3. The molecule has 0 saturated carbocycles. The number of rotatable bonds is 7. The van der Waals surface area contributed by atoms with Crippen molar-refractivity contribution in [3.8, 4) is 0 Å². The van der Waals surface area contributed by atoms with Gasteiger partial charge in [-0.2, -0.15) is 5.10 Å². The van der Waals surface area contributed by atoms with E-state index in [9.17, 15) is 5.11 Å². The van der Waals surface area contributed by atoms with Crippen molar-refractivity contribution in [2.75, 3.05) is 25.5 Å². The molecule has 0 aliphatic rings. The van der Waals surface area contributed by atoms with Gasteiger partial charge in [-0.15, -0.1) is 0 Å². The molecule has 1 aromatic carbocycles. The molecule has 2 rings (SSSR count). The van der Waals surface area contributed by atoms with Crippen LogP contribution in [0.3, 0.4) is 0 Å². The minimum absolute atomic E-state index is 0.366. The molecule has 0 unspecified atom stereocenters. The van der Waals surface area contributed by atoms with Crippen LogP contribution >= 0.6 is 0 Å². The Labute approximate surface area is 138 Å². The summed E-state index contributed by atoms with van der Waals surface area (Å²) in [5, 5.41) is 18.3. The number of nitrogens with one attached hydrogen (secondary N) is 1. The topological polar surface area (TPSA) is 53.3 Å². The molecule has 2 aromatic rings. The van der Waals surface area contributed by atoms with Crippen LogP contribution in [0.5, 0.6) is 0 Å². The lowest BCUT2D eigenvalue weighted by atomic mass is 10.0. The molecule has 0 spiro atoms. The Morgan fingerprint density at radius 1 is 1.22 bits per heavy atom. The SMILES string of the molecule is CC(C)c1nn(C)c(N(C)C)c1CNC[C@@H](O)c1ccccc1. The summed E-state index contributed by atoms with van der Waals surface area (Å²) in [6, 6.07) is 9.74. The lowest BCUT2D eigenvalue weighted by Crippen LogP contribution is -2.23. The Bertz CT molecular complexity index is 619. The molecule has 23 heavy (non-hydrogen) atoms. The van der Waals surface area contributed by atoms with E-state index in [1.165, 1.54) is 5.56 Å². The van der Waals surface area contributed by atoms with Crippen LogP contribution in [0.2, 0.25) is 0 Å². The van der Waals surface area contributed by atoms with Crippen molar-refractivity contribution in [1.82, 2.24) is 15.1 Å². The van der Waals surface area contributed by atoms with E-state index in [0.29, 0.717) is 19.0 Å². The molecule has 0 radical (unpaired) electrons. The summed E-state index contributed by atoms with van der Waals surface area (Å²) in [5.74, 6) is 1.47. The summed E-state index contributed by atoms with van der Waals surface area (Å²) in [6.45, 7) is 5.52. The Balaban J connectivity index is 2.08. The summed E-state index contributed by atoms with van der Waals surface area (Å²) in [7, 11) is 6.04. The fraction of sp³-hybridized carbons (Fsp3) is 0.500. The number of hydrogen-bond acceptors (Lipinski definition) is 4. The van der Waals surface area contributed by atoms with E-state index in [4.69, 9.17) is 0 Å². The van der Waals surface area contributed by atoms with Crippen LogP contribution in [-0.2, 0) is 13.6 Å². The van der Waals surface area contributed by atoms with Gasteiger partial charge in [0.05, 0.1) is 11.8 Å². The molecule has 5 heteroatoms. The highest BCUT2D eigenvalue weighted by molar-refractivity contribution is 5.50. The number of hydrogen-bond donors (Lipinski definition) is 2. The average Bonchev–Trinajstić information content (AvgIpc) is 2.85. The van der Waals surface area contributed by atoms with Gasteiger partial charge in [-0.25, -0.2) is 0 Å². The number of aliphatic hydroxyl groups is 1. The molecule has 0 saturated heterocycles. The first kappa shape index (κ1) is 17.5. The molecule has 1 aromatic heterocycles. The van der Waals surface area contributed by atoms with Crippen LogP contribution in [0.1, 0.15) is 42.7 Å². The van der Waals surface area contributed by atoms with E-state index in [1.807, 2.05) is 56.2 Å². The number of aromatic nitrogens is 2. The first-order valence-electron chi connectivity index (χ1n) is 8.08. The van der Waals surface area contributed by atoms with Gasteiger partial charge < -0.3 is 15.3 Å². The summed E-state index contributed by atoms with van der Waals surface area (Å²) in [5.41, 5.74) is 3.24. The Kier molecular flexibility index (Phi) is 5.80. The van der Waals surface area contributed by atoms with Gasteiger partial charge in [-0.1, -0.05) is 44.2 Å². The van der Waals surface area contributed by atoms with Gasteiger partial charge in [-0.3, -0.25) is 4.68 Å². The third-order valence-electron chi connectivity index (χ3n) is 3.94. The fourth-order valence-electron chi connectivity index (χ4n) is 2.90. The van der Waals surface area contributed by atoms with Crippen molar-refractivity contribution in [2.45, 2.75) is 32.4 Å². The molecular weight excluding hydrogens is 288 g/mol. The molecule has 1 heterocycles. The molecule has 2 N–H and O–H groups in total. The molecule has 1 atom stereocenters. The minimum atomic E-state index is -0.502. The second-order valence-electron chi connectivity index (χ2n) is 6.42. The monoisotopic (exact) mass is 316 g/mol. The lowest BCUT2D eigenvalue weighted by molar-refractivity contribution is 0.174. The molecule has 0 amide bonds. The minimum Gasteiger partial charge on any atom is -0.387 e. The van der Waals surface area contributed by atoms with Crippen LogP contribution < -0.4 is 10.2 Å². The number of nitrogens with zero attached hydrogens (tertiary/aromatic N) is 3. The van der Waals surface area contributed by atoms with Crippen LogP contribution in [0.15, 0.2) is 30.3 Å². The zero-order chi connectivity index (χ0) is 17.0. The van der Waals surface area contributed by atoms with Crippen molar-refractivity contribution >= 4 is 5.82 Å². The standard InChI is InChI=1S/C18H28N4O/c1-13(2)17-15(18(21(3)4)22(5)20-17)11-19-12-16(23)14-9-7-6-8-10-14/h6-10,13,16,19,23H,11-12H2,1-5H3/t16-/m1/s1. The van der Waals surface area contributed by atoms with Gasteiger partial charge in [0, 0.05) is 39.8 Å². The van der Waals surface area contributed by atoms with E-state index in [-0.39, 0.29) is 0 Å². The molecule has 0 fully saturated rings. The van der Waals surface area contributed by atoms with Crippen molar-refractivity contribution in [2.24, 2.45) is 7.05 Å². The first-order valence-corrected chi connectivity index (χ1v) is 8.08. The zero-order valence-electron chi connectivity index (χ0n) is 14.7. The van der Waals surface area contributed by atoms with Gasteiger partial charge in [0.1, 0.15) is 5.82 Å². The number of benzene rings is 1. The lowest BCUT2D eigenvalue weighted by Gasteiger charge is -2.17. The first-order chi connectivity index (χ1) is 10.9. The normalized spacial score (nSPS) is 12.7. The van der Waals surface area contributed by atoms with Gasteiger partial charge >= 0.3 is 0 Å². The highest BCUT2D eigenvalue weighted by Gasteiger charge is 2.19. The summed E-state index contributed by atoms with van der Waals surface area (Å²) in [4.78, 5) is 2.09. The van der Waals surface area contributed by atoms with Crippen LogP contribution in [0.4, 0.5) is 5.82 Å². The van der Waals surface area contributed by atoms with E-state index in [1.54, 1.807) is 0 Å². The fourth-order valence-corrected chi connectivity index (χ4v) is 2.90.